The van der Waals surface area contributed by atoms with Gasteiger partial charge in [0, 0.05) is 21.0 Å². The lowest BCUT2D eigenvalue weighted by Crippen LogP contribution is -1.90. The Hall–Kier alpha value is -1.95. The zero-order valence-electron chi connectivity index (χ0n) is 10.5. The third-order valence-electron chi connectivity index (χ3n) is 3.01. The van der Waals surface area contributed by atoms with Gasteiger partial charge in [0.25, 0.3) is 0 Å². The second-order valence-electron chi connectivity index (χ2n) is 4.24. The minimum absolute atomic E-state index is 0.516. The van der Waals surface area contributed by atoms with Crippen LogP contribution in [0.4, 0.5) is 5.82 Å². The smallest absolute Gasteiger partial charge is 0.177 e. The summed E-state index contributed by atoms with van der Waals surface area (Å²) < 4.78 is 12.0. The van der Waals surface area contributed by atoms with Crippen molar-refractivity contribution in [2.45, 2.75) is 6.92 Å². The summed E-state index contributed by atoms with van der Waals surface area (Å²) in [5, 5.41) is 7.62. The maximum absolute atomic E-state index is 5.88. The number of benzene rings is 1. The van der Waals surface area contributed by atoms with Gasteiger partial charge in [0.05, 0.1) is 13.3 Å². The van der Waals surface area contributed by atoms with Gasteiger partial charge in [-0.25, -0.2) is 0 Å². The number of fused-ring (bicyclic) bond motifs is 1. The fourth-order valence-corrected chi connectivity index (χ4v) is 2.75. The number of H-pyrrole nitrogens is 1. The summed E-state index contributed by atoms with van der Waals surface area (Å²) in [6.07, 6.45) is 1.69. The number of furan rings is 1. The number of rotatable bonds is 2. The van der Waals surface area contributed by atoms with Crippen molar-refractivity contribution in [1.82, 2.24) is 10.2 Å². The first-order valence-corrected chi connectivity index (χ1v) is 6.47. The Morgan fingerprint density at radius 3 is 2.79 bits per heavy atom. The number of nitrogen functional groups attached to an aromatic ring is 1. The van der Waals surface area contributed by atoms with Gasteiger partial charge in [-0.05, 0) is 35.0 Å². The molecule has 2 heterocycles. The van der Waals surface area contributed by atoms with E-state index in [2.05, 4.69) is 26.1 Å². The molecule has 3 rings (SSSR count). The van der Waals surface area contributed by atoms with Gasteiger partial charge in [-0.2, -0.15) is 5.10 Å². The zero-order chi connectivity index (χ0) is 13.6. The number of nitrogens with zero attached hydrogens (tertiary/aromatic N) is 1. The maximum Gasteiger partial charge on any atom is 0.177 e. The van der Waals surface area contributed by atoms with Gasteiger partial charge in [0.2, 0.25) is 0 Å². The van der Waals surface area contributed by atoms with Crippen LogP contribution in [0.3, 0.4) is 0 Å². The highest BCUT2D eigenvalue weighted by Crippen LogP contribution is 2.42. The Kier molecular flexibility index (Phi) is 2.74. The number of aromatic nitrogens is 2. The fraction of sp³-hybridized carbons (Fsp3) is 0.154. The molecular weight excluding hydrogens is 310 g/mol. The predicted molar refractivity (Wildman–Crippen MR) is 77.2 cm³/mol. The number of hydrogen-bond acceptors (Lipinski definition) is 4. The molecule has 3 N–H and O–H groups in total. The van der Waals surface area contributed by atoms with Gasteiger partial charge in [-0.1, -0.05) is 0 Å². The monoisotopic (exact) mass is 321 g/mol. The van der Waals surface area contributed by atoms with Crippen molar-refractivity contribution in [2.24, 2.45) is 0 Å². The van der Waals surface area contributed by atoms with Gasteiger partial charge in [0.15, 0.2) is 11.3 Å². The molecule has 98 valence electrons. The molecule has 3 aromatic rings. The molecule has 0 radical (unpaired) electrons. The molecule has 0 saturated carbocycles. The third-order valence-corrected chi connectivity index (χ3v) is 3.86. The number of aryl methyl sites for hydroxylation is 1. The highest BCUT2D eigenvalue weighted by molar-refractivity contribution is 9.10. The molecule has 0 atom stereocenters. The second-order valence-corrected chi connectivity index (χ2v) is 5.03. The molecule has 0 unspecified atom stereocenters. The van der Waals surface area contributed by atoms with E-state index in [1.54, 1.807) is 13.3 Å². The number of anilines is 1. The van der Waals surface area contributed by atoms with E-state index in [4.69, 9.17) is 14.9 Å². The first kappa shape index (κ1) is 12.1. The van der Waals surface area contributed by atoms with Gasteiger partial charge in [0.1, 0.15) is 11.6 Å². The summed E-state index contributed by atoms with van der Waals surface area (Å²) >= 11 is 3.60. The van der Waals surface area contributed by atoms with Gasteiger partial charge in [-0.3, -0.25) is 5.10 Å². The van der Waals surface area contributed by atoms with Crippen LogP contribution in [-0.2, 0) is 0 Å². The molecule has 2 aromatic heterocycles. The molecule has 0 fully saturated rings. The normalized spacial score (nSPS) is 11.1. The zero-order valence-corrected chi connectivity index (χ0v) is 12.0. The molecular formula is C13H12BrN3O2. The summed E-state index contributed by atoms with van der Waals surface area (Å²) in [5.41, 5.74) is 8.34. The maximum atomic E-state index is 5.88. The molecule has 0 bridgehead atoms. The average Bonchev–Trinajstić information content (AvgIpc) is 2.96. The van der Waals surface area contributed by atoms with E-state index in [1.165, 1.54) is 0 Å². The van der Waals surface area contributed by atoms with Crippen molar-refractivity contribution in [3.8, 4) is 16.9 Å². The Morgan fingerprint density at radius 2 is 2.16 bits per heavy atom. The van der Waals surface area contributed by atoms with Crippen LogP contribution in [0.5, 0.6) is 5.75 Å². The lowest BCUT2D eigenvalue weighted by atomic mass is 10.1. The fourth-order valence-electron chi connectivity index (χ4n) is 2.12. The van der Waals surface area contributed by atoms with Crippen LogP contribution in [0.25, 0.3) is 22.1 Å². The van der Waals surface area contributed by atoms with Crippen molar-refractivity contribution in [2.75, 3.05) is 12.8 Å². The molecule has 0 spiro atoms. The molecule has 5 nitrogen and oxygen atoms in total. The minimum Gasteiger partial charge on any atom is -0.493 e. The summed E-state index contributed by atoms with van der Waals surface area (Å²) in [4.78, 5) is 0. The van der Waals surface area contributed by atoms with Gasteiger partial charge in [-0.15, -0.1) is 0 Å². The summed E-state index contributed by atoms with van der Waals surface area (Å²) in [7, 11) is 1.61. The molecule has 0 aliphatic carbocycles. The largest absolute Gasteiger partial charge is 0.493 e. The van der Waals surface area contributed by atoms with E-state index < -0.39 is 0 Å². The molecule has 19 heavy (non-hydrogen) atoms. The molecule has 0 aliphatic rings. The van der Waals surface area contributed by atoms with E-state index in [-0.39, 0.29) is 0 Å². The van der Waals surface area contributed by atoms with Crippen LogP contribution in [0.15, 0.2) is 27.2 Å². The van der Waals surface area contributed by atoms with Crippen LogP contribution in [-0.4, -0.2) is 17.3 Å². The third kappa shape index (κ3) is 1.79. The molecule has 0 aliphatic heterocycles. The Morgan fingerprint density at radius 1 is 1.37 bits per heavy atom. The van der Waals surface area contributed by atoms with E-state index in [9.17, 15) is 0 Å². The Balaban J connectivity index is 2.37. The topological polar surface area (TPSA) is 77.1 Å². The minimum atomic E-state index is 0.516. The van der Waals surface area contributed by atoms with Crippen molar-refractivity contribution < 1.29 is 9.15 Å². The highest BCUT2D eigenvalue weighted by atomic mass is 79.9. The van der Waals surface area contributed by atoms with Crippen molar-refractivity contribution in [3.63, 3.8) is 0 Å². The van der Waals surface area contributed by atoms with Crippen LogP contribution in [0.2, 0.25) is 0 Å². The average molecular weight is 322 g/mol. The van der Waals surface area contributed by atoms with Gasteiger partial charge < -0.3 is 14.9 Å². The number of ether oxygens (including phenoxy) is 1. The van der Waals surface area contributed by atoms with Crippen LogP contribution < -0.4 is 10.5 Å². The number of halogens is 1. The number of nitrogens with one attached hydrogen (secondary N) is 1. The van der Waals surface area contributed by atoms with Crippen molar-refractivity contribution >= 4 is 32.7 Å². The van der Waals surface area contributed by atoms with Gasteiger partial charge >= 0.3 is 0 Å². The van der Waals surface area contributed by atoms with E-state index in [0.29, 0.717) is 11.6 Å². The second kappa shape index (κ2) is 4.31. The quantitative estimate of drug-likeness (QED) is 0.757. The lowest BCUT2D eigenvalue weighted by Gasteiger charge is -2.08. The molecule has 0 saturated heterocycles. The highest BCUT2D eigenvalue weighted by Gasteiger charge is 2.18. The summed E-state index contributed by atoms with van der Waals surface area (Å²) in [6.45, 7) is 1.90. The molecule has 0 amide bonds. The van der Waals surface area contributed by atoms with Crippen molar-refractivity contribution in [3.05, 3.63) is 28.6 Å². The standard InChI is InChI=1S/C13H12BrN3O2/c1-6-3-8-11(14)7(9-5-16-17-13(9)15)4-10(18-2)12(8)19-6/h3-5H,1-2H3,(H3,15,16,17). The summed E-state index contributed by atoms with van der Waals surface area (Å²) in [6, 6.07) is 3.85. The van der Waals surface area contributed by atoms with Crippen LogP contribution in [0.1, 0.15) is 5.76 Å². The van der Waals surface area contributed by atoms with Crippen LogP contribution in [0, 0.1) is 6.92 Å². The SMILES string of the molecule is COc1cc(-c2cn[nH]c2N)c(Br)c2cc(C)oc12. The summed E-state index contributed by atoms with van der Waals surface area (Å²) in [5.74, 6) is 2.01. The van der Waals surface area contributed by atoms with E-state index in [1.807, 2.05) is 19.1 Å². The van der Waals surface area contributed by atoms with Crippen LogP contribution >= 0.6 is 15.9 Å². The number of nitrogens with two attached hydrogens (primary N) is 1. The van der Waals surface area contributed by atoms with E-state index >= 15 is 0 Å². The number of hydrogen-bond donors (Lipinski definition) is 2. The Bertz CT molecular complexity index is 761. The Labute approximate surface area is 117 Å². The molecule has 1 aromatic carbocycles. The molecule has 6 heteroatoms. The van der Waals surface area contributed by atoms with E-state index in [0.717, 1.165) is 32.3 Å². The first-order chi connectivity index (χ1) is 9.11. The number of aromatic amines is 1. The number of methoxy groups -OCH3 is 1. The van der Waals surface area contributed by atoms with Crippen molar-refractivity contribution in [1.29, 1.82) is 0 Å². The first-order valence-electron chi connectivity index (χ1n) is 5.67. The predicted octanol–water partition coefficient (Wildman–Crippen LogP) is 3.48. The lowest BCUT2D eigenvalue weighted by molar-refractivity contribution is 0.409.